The van der Waals surface area contributed by atoms with E-state index in [4.69, 9.17) is 10.2 Å². The summed E-state index contributed by atoms with van der Waals surface area (Å²) in [7, 11) is 0. The van der Waals surface area contributed by atoms with Crippen LogP contribution in [0.25, 0.3) is 0 Å². The second-order valence-corrected chi connectivity index (χ2v) is 5.47. The number of carbonyl (C=O) groups is 2. The molecule has 0 amide bonds. The number of hydrogen-bond donors (Lipinski definition) is 2. The Kier molecular flexibility index (Phi) is 3.57. The minimum atomic E-state index is -1.06. The summed E-state index contributed by atoms with van der Waals surface area (Å²) < 4.78 is 0. The van der Waals surface area contributed by atoms with E-state index in [0.29, 0.717) is 19.0 Å². The molecule has 1 saturated heterocycles. The lowest BCUT2D eigenvalue weighted by Crippen LogP contribution is -2.58. The minimum absolute atomic E-state index is 0.156. The molecule has 5 nitrogen and oxygen atoms in total. The molecule has 1 heterocycles. The summed E-state index contributed by atoms with van der Waals surface area (Å²) >= 11 is 0. The van der Waals surface area contributed by atoms with Gasteiger partial charge >= 0.3 is 11.9 Å². The van der Waals surface area contributed by atoms with Crippen LogP contribution in [0.15, 0.2) is 0 Å². The lowest BCUT2D eigenvalue weighted by molar-refractivity contribution is -0.154. The highest BCUT2D eigenvalue weighted by atomic mass is 16.4. The number of nitrogens with zero attached hydrogens (tertiary/aromatic N) is 1. The van der Waals surface area contributed by atoms with Crippen LogP contribution in [0.4, 0.5) is 0 Å². The van der Waals surface area contributed by atoms with Crippen molar-refractivity contribution in [2.24, 2.45) is 11.3 Å². The maximum Gasteiger partial charge on any atom is 0.321 e. The molecular formula is C11H19NO4. The Bertz CT molecular complexity index is 289. The first-order valence-corrected chi connectivity index (χ1v) is 5.40. The summed E-state index contributed by atoms with van der Waals surface area (Å²) in [5.74, 6) is -1.66. The quantitative estimate of drug-likeness (QED) is 0.748. The van der Waals surface area contributed by atoms with Gasteiger partial charge < -0.3 is 10.2 Å². The molecule has 0 aromatic heterocycles. The van der Waals surface area contributed by atoms with E-state index in [0.717, 1.165) is 0 Å². The van der Waals surface area contributed by atoms with Gasteiger partial charge in [-0.3, -0.25) is 14.5 Å². The molecule has 5 heteroatoms. The van der Waals surface area contributed by atoms with Gasteiger partial charge in [-0.05, 0) is 11.3 Å². The zero-order valence-corrected chi connectivity index (χ0v) is 9.93. The van der Waals surface area contributed by atoms with Crippen molar-refractivity contribution in [1.82, 2.24) is 4.90 Å². The van der Waals surface area contributed by atoms with Crippen LogP contribution in [0.5, 0.6) is 0 Å². The van der Waals surface area contributed by atoms with Crippen molar-refractivity contribution >= 4 is 11.9 Å². The monoisotopic (exact) mass is 229 g/mol. The fourth-order valence-electron chi connectivity index (χ4n) is 1.85. The van der Waals surface area contributed by atoms with Gasteiger partial charge in [0.05, 0.1) is 6.42 Å². The molecule has 0 spiro atoms. The minimum Gasteiger partial charge on any atom is -0.481 e. The maximum absolute atomic E-state index is 10.9. The molecule has 2 N–H and O–H groups in total. The van der Waals surface area contributed by atoms with E-state index in [-0.39, 0.29) is 11.8 Å². The van der Waals surface area contributed by atoms with Crippen LogP contribution < -0.4 is 0 Å². The Labute approximate surface area is 95.1 Å². The maximum atomic E-state index is 10.9. The highest BCUT2D eigenvalue weighted by Crippen LogP contribution is 2.35. The van der Waals surface area contributed by atoms with Crippen molar-refractivity contribution in [2.75, 3.05) is 13.1 Å². The van der Waals surface area contributed by atoms with Crippen molar-refractivity contribution in [2.45, 2.75) is 33.2 Å². The third kappa shape index (κ3) is 2.95. The van der Waals surface area contributed by atoms with Crippen LogP contribution >= 0.6 is 0 Å². The highest BCUT2D eigenvalue weighted by Gasteiger charge is 2.41. The largest absolute Gasteiger partial charge is 0.481 e. The summed E-state index contributed by atoms with van der Waals surface area (Å²) in [6.45, 7) is 7.69. The molecule has 0 aliphatic carbocycles. The molecule has 1 aliphatic heterocycles. The molecule has 16 heavy (non-hydrogen) atoms. The van der Waals surface area contributed by atoms with Crippen LogP contribution in [-0.2, 0) is 9.59 Å². The normalized spacial score (nSPS) is 20.2. The zero-order chi connectivity index (χ0) is 12.5. The fourth-order valence-corrected chi connectivity index (χ4v) is 1.85. The molecule has 1 unspecified atom stereocenters. The molecule has 0 aromatic rings. The van der Waals surface area contributed by atoms with E-state index >= 15 is 0 Å². The van der Waals surface area contributed by atoms with Crippen LogP contribution in [0.1, 0.15) is 27.2 Å². The lowest BCUT2D eigenvalue weighted by Gasteiger charge is -2.48. The van der Waals surface area contributed by atoms with Gasteiger partial charge in [0.15, 0.2) is 0 Å². The van der Waals surface area contributed by atoms with Crippen molar-refractivity contribution in [3.8, 4) is 0 Å². The number of hydrogen-bond acceptors (Lipinski definition) is 3. The molecule has 1 fully saturated rings. The van der Waals surface area contributed by atoms with Gasteiger partial charge in [0.1, 0.15) is 6.04 Å². The molecule has 1 aliphatic rings. The smallest absolute Gasteiger partial charge is 0.321 e. The summed E-state index contributed by atoms with van der Waals surface area (Å²) in [6, 6.07) is -0.879. The van der Waals surface area contributed by atoms with Crippen molar-refractivity contribution in [3.05, 3.63) is 0 Å². The predicted molar refractivity (Wildman–Crippen MR) is 58.2 cm³/mol. The van der Waals surface area contributed by atoms with E-state index in [1.807, 2.05) is 0 Å². The third-order valence-corrected chi connectivity index (χ3v) is 3.23. The van der Waals surface area contributed by atoms with Gasteiger partial charge in [0.25, 0.3) is 0 Å². The van der Waals surface area contributed by atoms with E-state index in [2.05, 4.69) is 20.8 Å². The molecule has 1 rings (SSSR count). The number of likely N-dealkylation sites (tertiary alicyclic amines) is 1. The van der Waals surface area contributed by atoms with Crippen molar-refractivity contribution in [1.29, 1.82) is 0 Å². The summed E-state index contributed by atoms with van der Waals surface area (Å²) in [6.07, 6.45) is -0.327. The van der Waals surface area contributed by atoms with Crippen molar-refractivity contribution < 1.29 is 19.8 Å². The summed E-state index contributed by atoms with van der Waals surface area (Å²) in [4.78, 5) is 23.2. The average molecular weight is 229 g/mol. The van der Waals surface area contributed by atoms with Gasteiger partial charge in [-0.1, -0.05) is 20.8 Å². The Morgan fingerprint density at radius 2 is 1.81 bits per heavy atom. The van der Waals surface area contributed by atoms with Gasteiger partial charge in [-0.25, -0.2) is 0 Å². The molecule has 92 valence electrons. The van der Waals surface area contributed by atoms with Gasteiger partial charge in [0.2, 0.25) is 0 Å². The second-order valence-electron chi connectivity index (χ2n) is 5.47. The SMILES string of the molecule is CC(C)(C)C1CN(C(CC(=O)O)C(=O)O)C1. The predicted octanol–water partition coefficient (Wildman–Crippen LogP) is 0.892. The highest BCUT2D eigenvalue weighted by molar-refractivity contribution is 5.80. The fraction of sp³-hybridized carbons (Fsp3) is 0.818. The number of rotatable bonds is 4. The standard InChI is InChI=1S/C11H19NO4/c1-11(2,3)7-5-12(6-7)8(10(15)16)4-9(13)14/h7-8H,4-6H2,1-3H3,(H,13,14)(H,15,16). The van der Waals surface area contributed by atoms with Gasteiger partial charge in [-0.15, -0.1) is 0 Å². The molecule has 0 aromatic carbocycles. The van der Waals surface area contributed by atoms with Gasteiger partial charge in [0, 0.05) is 13.1 Å². The molecule has 0 saturated carbocycles. The Balaban J connectivity index is 2.53. The van der Waals surface area contributed by atoms with Crippen LogP contribution in [0.2, 0.25) is 0 Å². The first-order chi connectivity index (χ1) is 7.21. The first kappa shape index (κ1) is 13.0. The number of carboxylic acid groups (broad SMARTS) is 2. The molecule has 0 radical (unpaired) electrons. The third-order valence-electron chi connectivity index (χ3n) is 3.23. The molecule has 1 atom stereocenters. The second kappa shape index (κ2) is 4.41. The Morgan fingerprint density at radius 3 is 2.12 bits per heavy atom. The first-order valence-electron chi connectivity index (χ1n) is 5.40. The van der Waals surface area contributed by atoms with E-state index in [1.165, 1.54) is 0 Å². The average Bonchev–Trinajstić information content (AvgIpc) is 1.95. The lowest BCUT2D eigenvalue weighted by atomic mass is 9.75. The Hall–Kier alpha value is -1.10. The van der Waals surface area contributed by atoms with Crippen LogP contribution in [0.3, 0.4) is 0 Å². The topological polar surface area (TPSA) is 77.8 Å². The molecular weight excluding hydrogens is 210 g/mol. The summed E-state index contributed by atoms with van der Waals surface area (Å²) in [5, 5.41) is 17.6. The van der Waals surface area contributed by atoms with E-state index < -0.39 is 18.0 Å². The van der Waals surface area contributed by atoms with E-state index in [9.17, 15) is 9.59 Å². The number of carboxylic acids is 2. The van der Waals surface area contributed by atoms with Gasteiger partial charge in [-0.2, -0.15) is 0 Å². The summed E-state index contributed by atoms with van der Waals surface area (Å²) in [5.41, 5.74) is 0.156. The molecule has 0 bridgehead atoms. The zero-order valence-electron chi connectivity index (χ0n) is 9.93. The van der Waals surface area contributed by atoms with Crippen molar-refractivity contribution in [3.63, 3.8) is 0 Å². The Morgan fingerprint density at radius 1 is 1.31 bits per heavy atom. The number of aliphatic carboxylic acids is 2. The van der Waals surface area contributed by atoms with E-state index in [1.54, 1.807) is 4.90 Å². The van der Waals surface area contributed by atoms with Crippen LogP contribution in [-0.4, -0.2) is 46.2 Å². The van der Waals surface area contributed by atoms with Crippen LogP contribution in [0, 0.1) is 11.3 Å².